The molecule has 1 N–H and O–H groups in total. The van der Waals surface area contributed by atoms with E-state index in [4.69, 9.17) is 28.3 Å². The summed E-state index contributed by atoms with van der Waals surface area (Å²) >= 11 is 11.6. The van der Waals surface area contributed by atoms with Crippen LogP contribution in [-0.4, -0.2) is 26.7 Å². The number of thiocarbonyl (C=S) groups is 1. The Morgan fingerprint density at radius 3 is 2.54 bits per heavy atom. The summed E-state index contributed by atoms with van der Waals surface area (Å²) in [4.78, 5) is 6.70. The summed E-state index contributed by atoms with van der Waals surface area (Å²) in [6, 6.07) is 17.3. The number of rotatable bonds is 4. The highest BCUT2D eigenvalue weighted by molar-refractivity contribution is 7.80. The largest absolute Gasteiger partial charge is 0.351 e. The van der Waals surface area contributed by atoms with E-state index >= 15 is 0 Å². The summed E-state index contributed by atoms with van der Waals surface area (Å²) in [6.45, 7) is 4.83. The van der Waals surface area contributed by atoms with Crippen LogP contribution in [0.2, 0.25) is 5.02 Å². The summed E-state index contributed by atoms with van der Waals surface area (Å²) in [7, 11) is 0. The van der Waals surface area contributed by atoms with Crippen LogP contribution in [0.3, 0.4) is 0 Å². The molecule has 1 aliphatic rings. The van der Waals surface area contributed by atoms with E-state index in [-0.39, 0.29) is 6.04 Å². The Bertz CT molecular complexity index is 1030. The summed E-state index contributed by atoms with van der Waals surface area (Å²) in [5.74, 6) is 1.03. The molecule has 0 amide bonds. The van der Waals surface area contributed by atoms with Gasteiger partial charge < -0.3 is 14.7 Å². The maximum atomic E-state index is 6.07. The van der Waals surface area contributed by atoms with E-state index in [1.165, 1.54) is 0 Å². The highest BCUT2D eigenvalue weighted by Crippen LogP contribution is 2.37. The lowest BCUT2D eigenvalue weighted by atomic mass is 9.95. The van der Waals surface area contributed by atoms with Gasteiger partial charge in [-0.05, 0) is 43.8 Å². The third kappa shape index (κ3) is 3.41. The molecule has 0 radical (unpaired) electrons. The van der Waals surface area contributed by atoms with Crippen molar-refractivity contribution in [3.63, 3.8) is 0 Å². The number of nitrogens with zero attached hydrogens (tertiary/aromatic N) is 3. The van der Waals surface area contributed by atoms with Crippen molar-refractivity contribution < 1.29 is 4.52 Å². The van der Waals surface area contributed by atoms with Gasteiger partial charge in [-0.1, -0.05) is 59.2 Å². The predicted octanol–water partition coefficient (Wildman–Crippen LogP) is 5.07. The van der Waals surface area contributed by atoms with E-state index in [1.54, 1.807) is 0 Å². The van der Waals surface area contributed by atoms with Gasteiger partial charge in [0.25, 0.3) is 5.89 Å². The van der Waals surface area contributed by atoms with Crippen LogP contribution >= 0.6 is 23.8 Å². The van der Waals surface area contributed by atoms with Crippen molar-refractivity contribution in [1.29, 1.82) is 0 Å². The first-order valence-corrected chi connectivity index (χ1v) is 9.81. The maximum absolute atomic E-state index is 6.07. The highest BCUT2D eigenvalue weighted by atomic mass is 35.5. The van der Waals surface area contributed by atoms with Crippen molar-refractivity contribution in [3.8, 4) is 11.4 Å². The van der Waals surface area contributed by atoms with Gasteiger partial charge in [0.2, 0.25) is 5.82 Å². The summed E-state index contributed by atoms with van der Waals surface area (Å²) in [6.07, 6.45) is 0. The second-order valence-corrected chi connectivity index (χ2v) is 7.29. The van der Waals surface area contributed by atoms with Gasteiger partial charge in [0, 0.05) is 22.8 Å². The van der Waals surface area contributed by atoms with Crippen LogP contribution in [0.15, 0.2) is 64.8 Å². The Morgan fingerprint density at radius 2 is 1.86 bits per heavy atom. The van der Waals surface area contributed by atoms with E-state index in [1.807, 2.05) is 66.4 Å². The molecule has 0 bridgehead atoms. The van der Waals surface area contributed by atoms with E-state index in [9.17, 15) is 0 Å². The van der Waals surface area contributed by atoms with Crippen LogP contribution in [-0.2, 0) is 0 Å². The molecule has 0 saturated heterocycles. The number of aromatic nitrogens is 2. The van der Waals surface area contributed by atoms with Crippen molar-refractivity contribution >= 4 is 34.5 Å². The van der Waals surface area contributed by atoms with Crippen molar-refractivity contribution in [3.05, 3.63) is 76.8 Å². The van der Waals surface area contributed by atoms with Gasteiger partial charge in [-0.15, -0.1) is 0 Å². The van der Waals surface area contributed by atoms with Crippen LogP contribution in [0.25, 0.3) is 17.0 Å². The normalized spacial score (nSPS) is 17.0. The number of hydrogen-bond acceptors (Lipinski definition) is 4. The zero-order valence-electron chi connectivity index (χ0n) is 15.5. The zero-order valence-corrected chi connectivity index (χ0v) is 17.1. The van der Waals surface area contributed by atoms with Crippen molar-refractivity contribution in [2.24, 2.45) is 0 Å². The molecule has 1 unspecified atom stereocenters. The third-order valence-electron chi connectivity index (χ3n) is 4.80. The van der Waals surface area contributed by atoms with Crippen LogP contribution in [0.4, 0.5) is 0 Å². The number of benzene rings is 2. The van der Waals surface area contributed by atoms with Gasteiger partial charge in [0.15, 0.2) is 5.11 Å². The molecular formula is C21H19ClN4OS. The van der Waals surface area contributed by atoms with Gasteiger partial charge in [0.05, 0.1) is 11.6 Å². The second-order valence-electron chi connectivity index (χ2n) is 6.47. The zero-order chi connectivity index (χ0) is 19.7. The molecular weight excluding hydrogens is 392 g/mol. The molecule has 0 spiro atoms. The van der Waals surface area contributed by atoms with Gasteiger partial charge in [0.1, 0.15) is 0 Å². The Hall–Kier alpha value is -2.70. The molecule has 1 aromatic heterocycles. The van der Waals surface area contributed by atoms with Gasteiger partial charge in [-0.25, -0.2) is 0 Å². The molecule has 5 nitrogen and oxygen atoms in total. The molecule has 0 saturated carbocycles. The minimum atomic E-state index is -0.198. The summed E-state index contributed by atoms with van der Waals surface area (Å²) in [5.41, 5.74) is 3.84. The minimum absolute atomic E-state index is 0.198. The lowest BCUT2D eigenvalue weighted by molar-refractivity contribution is 0.398. The van der Waals surface area contributed by atoms with E-state index in [0.29, 0.717) is 21.9 Å². The van der Waals surface area contributed by atoms with Crippen molar-refractivity contribution in [1.82, 2.24) is 20.4 Å². The fourth-order valence-corrected chi connectivity index (χ4v) is 3.89. The number of nitrogens with one attached hydrogen (secondary N) is 1. The standard InChI is InChI=1S/C21H19ClN4OS/c1-3-26-13(2)17(18(23-21(26)28)14-9-11-16(22)12-10-14)20-24-19(25-27-20)15-7-5-4-6-8-15/h4-12,18H,3H2,1-2H3,(H,23,28). The third-order valence-corrected chi connectivity index (χ3v) is 5.39. The van der Waals surface area contributed by atoms with Crippen LogP contribution in [0, 0.1) is 0 Å². The number of allylic oxidation sites excluding steroid dienone is 1. The molecule has 4 rings (SSSR count). The highest BCUT2D eigenvalue weighted by Gasteiger charge is 2.33. The first-order chi connectivity index (χ1) is 13.6. The Morgan fingerprint density at radius 1 is 1.14 bits per heavy atom. The minimum Gasteiger partial charge on any atom is -0.351 e. The lowest BCUT2D eigenvalue weighted by Gasteiger charge is -2.36. The molecule has 1 aliphatic heterocycles. The van der Waals surface area contributed by atoms with Crippen molar-refractivity contribution in [2.45, 2.75) is 19.9 Å². The topological polar surface area (TPSA) is 54.2 Å². The monoisotopic (exact) mass is 410 g/mol. The average Bonchev–Trinajstić information content (AvgIpc) is 3.19. The predicted molar refractivity (Wildman–Crippen MR) is 115 cm³/mol. The van der Waals surface area contributed by atoms with Gasteiger partial charge in [-0.3, -0.25) is 0 Å². The fraction of sp³-hybridized carbons (Fsp3) is 0.190. The first kappa shape index (κ1) is 18.7. The number of hydrogen-bond donors (Lipinski definition) is 1. The molecule has 0 fully saturated rings. The molecule has 0 aliphatic carbocycles. The average molecular weight is 411 g/mol. The summed E-state index contributed by atoms with van der Waals surface area (Å²) < 4.78 is 5.68. The molecule has 3 aromatic rings. The molecule has 2 aromatic carbocycles. The SMILES string of the molecule is CCN1C(=S)NC(c2ccc(Cl)cc2)C(c2nc(-c3ccccc3)no2)=C1C. The van der Waals surface area contributed by atoms with E-state index in [0.717, 1.165) is 28.9 Å². The molecule has 142 valence electrons. The fourth-order valence-electron chi connectivity index (χ4n) is 3.38. The molecule has 2 heterocycles. The Labute approximate surface area is 174 Å². The molecule has 28 heavy (non-hydrogen) atoms. The summed E-state index contributed by atoms with van der Waals surface area (Å²) in [5, 5.41) is 8.95. The Balaban J connectivity index is 1.82. The van der Waals surface area contributed by atoms with Gasteiger partial charge in [-0.2, -0.15) is 4.98 Å². The van der Waals surface area contributed by atoms with Gasteiger partial charge >= 0.3 is 0 Å². The first-order valence-electron chi connectivity index (χ1n) is 9.02. The maximum Gasteiger partial charge on any atom is 0.258 e. The number of halogens is 1. The van der Waals surface area contributed by atoms with E-state index in [2.05, 4.69) is 22.4 Å². The van der Waals surface area contributed by atoms with Crippen LogP contribution in [0.5, 0.6) is 0 Å². The van der Waals surface area contributed by atoms with Crippen molar-refractivity contribution in [2.75, 3.05) is 6.54 Å². The quantitative estimate of drug-likeness (QED) is 0.606. The second kappa shape index (κ2) is 7.73. The molecule has 7 heteroatoms. The smallest absolute Gasteiger partial charge is 0.258 e. The lowest BCUT2D eigenvalue weighted by Crippen LogP contribution is -2.45. The van der Waals surface area contributed by atoms with Crippen LogP contribution in [0.1, 0.15) is 31.3 Å². The van der Waals surface area contributed by atoms with E-state index < -0.39 is 0 Å². The van der Waals surface area contributed by atoms with Crippen LogP contribution < -0.4 is 5.32 Å². The Kier molecular flexibility index (Phi) is 5.15. The molecule has 1 atom stereocenters.